The fourth-order valence-electron chi connectivity index (χ4n) is 3.59. The molecule has 1 N–H and O–H groups in total. The molecule has 3 rings (SSSR count). The van der Waals surface area contributed by atoms with Crippen molar-refractivity contribution in [3.63, 3.8) is 0 Å². The number of likely N-dealkylation sites (N-methyl/N-ethyl adjacent to an activating group) is 1. The lowest BCUT2D eigenvalue weighted by atomic mass is 9.86. The summed E-state index contributed by atoms with van der Waals surface area (Å²) < 4.78 is 0. The fraction of sp³-hybridized carbons (Fsp3) is 0.588. The fourth-order valence-corrected chi connectivity index (χ4v) is 3.59. The summed E-state index contributed by atoms with van der Waals surface area (Å²) in [6.45, 7) is 0.978. The number of rotatable bonds is 2. The first kappa shape index (κ1) is 13.6. The molecule has 1 aromatic rings. The smallest absolute Gasteiger partial charge is 0.239 e. The lowest BCUT2D eigenvalue weighted by molar-refractivity contribution is -0.135. The normalized spacial score (nSPS) is 25.9. The molecule has 1 aliphatic heterocycles. The van der Waals surface area contributed by atoms with Crippen LogP contribution >= 0.6 is 0 Å². The van der Waals surface area contributed by atoms with Gasteiger partial charge in [0.2, 0.25) is 5.91 Å². The van der Waals surface area contributed by atoms with Crippen LogP contribution in [-0.2, 0) is 11.2 Å². The third-order valence-electron chi connectivity index (χ3n) is 4.76. The summed E-state index contributed by atoms with van der Waals surface area (Å²) >= 11 is 0. The molecular formula is C17H24N2O. The van der Waals surface area contributed by atoms with Crippen LogP contribution in [0.4, 0.5) is 0 Å². The van der Waals surface area contributed by atoms with E-state index in [1.165, 1.54) is 30.4 Å². The van der Waals surface area contributed by atoms with Crippen molar-refractivity contribution in [1.82, 2.24) is 10.2 Å². The first-order valence-electron chi connectivity index (χ1n) is 7.85. The minimum absolute atomic E-state index is 0.0304. The van der Waals surface area contributed by atoms with E-state index in [2.05, 4.69) is 29.6 Å². The van der Waals surface area contributed by atoms with Crippen LogP contribution in [0.2, 0.25) is 0 Å². The van der Waals surface area contributed by atoms with Crippen LogP contribution in [0, 0.1) is 0 Å². The Morgan fingerprint density at radius 1 is 1.20 bits per heavy atom. The summed E-state index contributed by atoms with van der Waals surface area (Å²) in [6, 6.07) is 8.88. The highest BCUT2D eigenvalue weighted by Gasteiger charge is 2.30. The summed E-state index contributed by atoms with van der Waals surface area (Å²) in [4.78, 5) is 14.7. The molecule has 1 aliphatic carbocycles. The molecule has 1 amide bonds. The predicted molar refractivity (Wildman–Crippen MR) is 80.5 cm³/mol. The molecule has 1 aromatic carbocycles. The number of aryl methyl sites for hydroxylation is 1. The van der Waals surface area contributed by atoms with Gasteiger partial charge in [-0.25, -0.2) is 0 Å². The van der Waals surface area contributed by atoms with Crippen molar-refractivity contribution in [2.45, 2.75) is 50.6 Å². The van der Waals surface area contributed by atoms with Gasteiger partial charge in [-0.2, -0.15) is 0 Å². The van der Waals surface area contributed by atoms with Crippen molar-refractivity contribution in [2.24, 2.45) is 0 Å². The number of fused-ring (bicyclic) bond motifs is 1. The number of nitrogens with zero attached hydrogens (tertiary/aromatic N) is 1. The summed E-state index contributed by atoms with van der Waals surface area (Å²) in [7, 11) is 1.98. The van der Waals surface area contributed by atoms with Gasteiger partial charge in [-0.05, 0) is 49.8 Å². The van der Waals surface area contributed by atoms with Crippen LogP contribution in [-0.4, -0.2) is 30.4 Å². The zero-order valence-electron chi connectivity index (χ0n) is 12.3. The number of hydrogen-bond acceptors (Lipinski definition) is 2. The number of amides is 1. The maximum Gasteiger partial charge on any atom is 0.239 e. The van der Waals surface area contributed by atoms with E-state index in [0.29, 0.717) is 0 Å². The molecule has 1 unspecified atom stereocenters. The Balaban J connectivity index is 1.77. The standard InChI is InChI=1S/C17H24N2O/c1-19(17(20)15-10-4-5-12-18-15)16-11-6-8-13-7-2-3-9-14(13)16/h2-3,7,9,15-16,18H,4-6,8,10-12H2,1H3/t15-,16?/m0/s1. The van der Waals surface area contributed by atoms with Crippen molar-refractivity contribution in [3.8, 4) is 0 Å². The molecule has 20 heavy (non-hydrogen) atoms. The largest absolute Gasteiger partial charge is 0.337 e. The first-order valence-corrected chi connectivity index (χ1v) is 7.85. The molecule has 0 aromatic heterocycles. The minimum atomic E-state index is 0.0304. The molecule has 2 aliphatic rings. The second-order valence-electron chi connectivity index (χ2n) is 6.06. The van der Waals surface area contributed by atoms with Crippen molar-refractivity contribution >= 4 is 5.91 Å². The first-order chi connectivity index (χ1) is 9.77. The van der Waals surface area contributed by atoms with Crippen LogP contribution in [0.5, 0.6) is 0 Å². The summed E-state index contributed by atoms with van der Waals surface area (Å²) in [6.07, 6.45) is 6.76. The number of piperidine rings is 1. The molecule has 1 heterocycles. The molecule has 3 heteroatoms. The Labute approximate surface area is 121 Å². The molecule has 1 fully saturated rings. The van der Waals surface area contributed by atoms with Gasteiger partial charge in [-0.1, -0.05) is 30.7 Å². The Morgan fingerprint density at radius 2 is 2.05 bits per heavy atom. The SMILES string of the molecule is CN(C(=O)[C@@H]1CCCCN1)C1CCCc2ccccc21. The van der Waals surface area contributed by atoms with E-state index in [4.69, 9.17) is 0 Å². The average Bonchev–Trinajstić information content (AvgIpc) is 2.54. The van der Waals surface area contributed by atoms with Crippen molar-refractivity contribution < 1.29 is 4.79 Å². The predicted octanol–water partition coefficient (Wildman–Crippen LogP) is 2.66. The topological polar surface area (TPSA) is 32.3 Å². The van der Waals surface area contributed by atoms with Gasteiger partial charge in [-0.15, -0.1) is 0 Å². The lowest BCUT2D eigenvalue weighted by Gasteiger charge is -2.36. The van der Waals surface area contributed by atoms with E-state index >= 15 is 0 Å². The van der Waals surface area contributed by atoms with E-state index in [-0.39, 0.29) is 18.0 Å². The van der Waals surface area contributed by atoms with E-state index < -0.39 is 0 Å². The van der Waals surface area contributed by atoms with Gasteiger partial charge in [0.1, 0.15) is 0 Å². The van der Waals surface area contributed by atoms with Gasteiger partial charge in [-0.3, -0.25) is 4.79 Å². The van der Waals surface area contributed by atoms with Gasteiger partial charge in [0.25, 0.3) is 0 Å². The molecule has 3 nitrogen and oxygen atoms in total. The zero-order valence-corrected chi connectivity index (χ0v) is 12.3. The maximum absolute atomic E-state index is 12.7. The van der Waals surface area contributed by atoms with Crippen LogP contribution in [0.25, 0.3) is 0 Å². The highest BCUT2D eigenvalue weighted by Crippen LogP contribution is 2.33. The lowest BCUT2D eigenvalue weighted by Crippen LogP contribution is -2.48. The van der Waals surface area contributed by atoms with E-state index in [1.807, 2.05) is 11.9 Å². The molecule has 0 bridgehead atoms. The third kappa shape index (κ3) is 2.59. The number of carbonyl (C=O) groups excluding carboxylic acids is 1. The number of benzene rings is 1. The number of carbonyl (C=O) groups is 1. The van der Waals surface area contributed by atoms with Crippen molar-refractivity contribution in [1.29, 1.82) is 0 Å². The highest BCUT2D eigenvalue weighted by atomic mass is 16.2. The second kappa shape index (κ2) is 5.96. The van der Waals surface area contributed by atoms with Gasteiger partial charge in [0.05, 0.1) is 12.1 Å². The molecule has 0 spiro atoms. The van der Waals surface area contributed by atoms with Gasteiger partial charge < -0.3 is 10.2 Å². The van der Waals surface area contributed by atoms with Crippen molar-refractivity contribution in [3.05, 3.63) is 35.4 Å². The van der Waals surface area contributed by atoms with Crippen LogP contribution in [0.1, 0.15) is 49.3 Å². The van der Waals surface area contributed by atoms with Gasteiger partial charge in [0.15, 0.2) is 0 Å². The van der Waals surface area contributed by atoms with Crippen LogP contribution in [0.15, 0.2) is 24.3 Å². The Morgan fingerprint density at radius 3 is 2.85 bits per heavy atom. The number of nitrogens with one attached hydrogen (secondary N) is 1. The zero-order chi connectivity index (χ0) is 13.9. The Kier molecular flexibility index (Phi) is 4.06. The Hall–Kier alpha value is -1.35. The quantitative estimate of drug-likeness (QED) is 0.897. The monoisotopic (exact) mass is 272 g/mol. The summed E-state index contributed by atoms with van der Waals surface area (Å²) in [5, 5.41) is 3.37. The highest BCUT2D eigenvalue weighted by molar-refractivity contribution is 5.82. The molecule has 108 valence electrons. The molecule has 2 atom stereocenters. The molecule has 0 saturated carbocycles. The van der Waals surface area contributed by atoms with E-state index in [9.17, 15) is 4.79 Å². The van der Waals surface area contributed by atoms with Crippen LogP contribution < -0.4 is 5.32 Å². The van der Waals surface area contributed by atoms with E-state index in [1.54, 1.807) is 0 Å². The average molecular weight is 272 g/mol. The maximum atomic E-state index is 12.7. The molecular weight excluding hydrogens is 248 g/mol. The molecule has 1 saturated heterocycles. The summed E-state index contributed by atoms with van der Waals surface area (Å²) in [5.74, 6) is 0.270. The Bertz CT molecular complexity index is 480. The number of hydrogen-bond donors (Lipinski definition) is 1. The van der Waals surface area contributed by atoms with Crippen molar-refractivity contribution in [2.75, 3.05) is 13.6 Å². The van der Waals surface area contributed by atoms with Gasteiger partial charge in [0, 0.05) is 7.05 Å². The van der Waals surface area contributed by atoms with Gasteiger partial charge >= 0.3 is 0 Å². The second-order valence-corrected chi connectivity index (χ2v) is 6.06. The third-order valence-corrected chi connectivity index (χ3v) is 4.76. The minimum Gasteiger partial charge on any atom is -0.337 e. The summed E-state index contributed by atoms with van der Waals surface area (Å²) in [5.41, 5.74) is 2.77. The molecule has 0 radical (unpaired) electrons. The van der Waals surface area contributed by atoms with E-state index in [0.717, 1.165) is 25.8 Å². The van der Waals surface area contributed by atoms with Crippen LogP contribution in [0.3, 0.4) is 0 Å².